The molecule has 0 radical (unpaired) electrons. The van der Waals surface area contributed by atoms with Crippen molar-refractivity contribution in [3.05, 3.63) is 35.4 Å². The fourth-order valence-corrected chi connectivity index (χ4v) is 1.72. The number of allylic oxidation sites excluding steroid dienone is 2. The van der Waals surface area contributed by atoms with Gasteiger partial charge in [0.1, 0.15) is 5.69 Å². The molecular weight excluding hydrogens is 188 g/mol. The lowest BCUT2D eigenvalue weighted by Gasteiger charge is -2.10. The zero-order valence-corrected chi connectivity index (χ0v) is 8.86. The largest absolute Gasteiger partial charge is 0.287 e. The Bertz CT molecular complexity index is 393. The summed E-state index contributed by atoms with van der Waals surface area (Å²) in [5, 5.41) is 0. The van der Waals surface area contributed by atoms with Crippen LogP contribution in [0.4, 0.5) is 0 Å². The van der Waals surface area contributed by atoms with Crippen LogP contribution in [0.25, 0.3) is 0 Å². The number of aryl methyl sites for hydroxylation is 1. The number of nitrogens with zero attached hydrogens (tertiary/aromatic N) is 2. The van der Waals surface area contributed by atoms with Crippen molar-refractivity contribution >= 4 is 5.78 Å². The molecule has 1 aromatic heterocycles. The average molecular weight is 202 g/mol. The summed E-state index contributed by atoms with van der Waals surface area (Å²) in [6.45, 7) is 1.86. The number of Topliss-reactive ketones (excluding diaryl/α,β-unsaturated/α-hetero) is 1. The molecule has 0 N–H and O–H groups in total. The number of carbonyl (C=O) groups is 1. The third-order valence-electron chi connectivity index (χ3n) is 2.60. The van der Waals surface area contributed by atoms with Gasteiger partial charge in [-0.2, -0.15) is 0 Å². The SMILES string of the molecule is Cc1cnc(C(=O)C2=CCCCC2)cn1. The summed E-state index contributed by atoms with van der Waals surface area (Å²) < 4.78 is 0. The smallest absolute Gasteiger partial charge is 0.208 e. The predicted octanol–water partition coefficient (Wildman–Crippen LogP) is 2.47. The molecule has 0 spiro atoms. The lowest BCUT2D eigenvalue weighted by Crippen LogP contribution is -2.09. The number of hydrogen-bond acceptors (Lipinski definition) is 3. The van der Waals surface area contributed by atoms with Crippen molar-refractivity contribution in [3.63, 3.8) is 0 Å². The number of ketones is 1. The van der Waals surface area contributed by atoms with Gasteiger partial charge in [0, 0.05) is 6.20 Å². The molecule has 0 unspecified atom stereocenters. The van der Waals surface area contributed by atoms with Crippen LogP contribution in [-0.4, -0.2) is 15.8 Å². The molecule has 0 amide bonds. The Morgan fingerprint density at radius 2 is 2.13 bits per heavy atom. The summed E-state index contributed by atoms with van der Waals surface area (Å²) in [6, 6.07) is 0. The van der Waals surface area contributed by atoms with Crippen LogP contribution in [0.5, 0.6) is 0 Å². The Morgan fingerprint density at radius 1 is 1.27 bits per heavy atom. The Labute approximate surface area is 89.3 Å². The minimum Gasteiger partial charge on any atom is -0.287 e. The molecule has 3 heteroatoms. The molecule has 0 aliphatic heterocycles. The lowest BCUT2D eigenvalue weighted by atomic mass is 9.95. The zero-order chi connectivity index (χ0) is 10.7. The number of rotatable bonds is 2. The Kier molecular flexibility index (Phi) is 2.90. The van der Waals surface area contributed by atoms with E-state index in [0.29, 0.717) is 5.69 Å². The highest BCUT2D eigenvalue weighted by Crippen LogP contribution is 2.20. The highest BCUT2D eigenvalue weighted by atomic mass is 16.1. The first kappa shape index (κ1) is 10.0. The maximum atomic E-state index is 11.9. The van der Waals surface area contributed by atoms with E-state index < -0.39 is 0 Å². The Hall–Kier alpha value is -1.51. The summed E-state index contributed by atoms with van der Waals surface area (Å²) in [5.74, 6) is 0.0437. The molecule has 2 rings (SSSR count). The molecule has 1 aromatic rings. The summed E-state index contributed by atoms with van der Waals surface area (Å²) in [4.78, 5) is 20.1. The molecule has 3 nitrogen and oxygen atoms in total. The van der Waals surface area contributed by atoms with Crippen LogP contribution in [0.2, 0.25) is 0 Å². The second-order valence-corrected chi connectivity index (χ2v) is 3.85. The third kappa shape index (κ3) is 2.29. The van der Waals surface area contributed by atoms with Crippen molar-refractivity contribution < 1.29 is 4.79 Å². The summed E-state index contributed by atoms with van der Waals surface area (Å²) in [7, 11) is 0. The monoisotopic (exact) mass is 202 g/mol. The van der Waals surface area contributed by atoms with Gasteiger partial charge in [-0.1, -0.05) is 6.08 Å². The lowest BCUT2D eigenvalue weighted by molar-refractivity contribution is 0.102. The van der Waals surface area contributed by atoms with E-state index >= 15 is 0 Å². The van der Waals surface area contributed by atoms with E-state index in [0.717, 1.165) is 30.5 Å². The highest BCUT2D eigenvalue weighted by Gasteiger charge is 2.15. The Balaban J connectivity index is 2.20. The second-order valence-electron chi connectivity index (χ2n) is 3.85. The van der Waals surface area contributed by atoms with E-state index in [1.807, 2.05) is 13.0 Å². The minimum absolute atomic E-state index is 0.0437. The normalized spacial score (nSPS) is 15.9. The molecule has 0 bridgehead atoms. The molecule has 1 heterocycles. The summed E-state index contributed by atoms with van der Waals surface area (Å²) in [6.07, 6.45) is 9.43. The molecule has 0 aromatic carbocycles. The van der Waals surface area contributed by atoms with Crippen LogP contribution >= 0.6 is 0 Å². The van der Waals surface area contributed by atoms with Crippen molar-refractivity contribution in [1.82, 2.24) is 9.97 Å². The van der Waals surface area contributed by atoms with Gasteiger partial charge < -0.3 is 0 Å². The first-order valence-corrected chi connectivity index (χ1v) is 5.30. The Morgan fingerprint density at radius 3 is 2.73 bits per heavy atom. The maximum absolute atomic E-state index is 11.9. The molecular formula is C12H14N2O. The van der Waals surface area contributed by atoms with E-state index in [4.69, 9.17) is 0 Å². The quantitative estimate of drug-likeness (QED) is 0.692. The topological polar surface area (TPSA) is 42.9 Å². The number of hydrogen-bond donors (Lipinski definition) is 0. The van der Waals surface area contributed by atoms with Gasteiger partial charge in [-0.05, 0) is 38.2 Å². The van der Waals surface area contributed by atoms with Crippen molar-refractivity contribution in [2.75, 3.05) is 0 Å². The maximum Gasteiger partial charge on any atom is 0.208 e. The molecule has 78 valence electrons. The first-order chi connectivity index (χ1) is 7.27. The van der Waals surface area contributed by atoms with Crippen LogP contribution in [0.3, 0.4) is 0 Å². The molecule has 0 saturated heterocycles. The number of aromatic nitrogens is 2. The van der Waals surface area contributed by atoms with Gasteiger partial charge in [0.05, 0.1) is 11.9 Å². The van der Waals surface area contributed by atoms with Crippen molar-refractivity contribution in [3.8, 4) is 0 Å². The predicted molar refractivity (Wildman–Crippen MR) is 57.7 cm³/mol. The third-order valence-corrected chi connectivity index (χ3v) is 2.60. The highest BCUT2D eigenvalue weighted by molar-refractivity contribution is 6.07. The first-order valence-electron chi connectivity index (χ1n) is 5.30. The van der Waals surface area contributed by atoms with Crippen molar-refractivity contribution in [2.45, 2.75) is 32.6 Å². The molecule has 15 heavy (non-hydrogen) atoms. The second kappa shape index (κ2) is 4.34. The standard InChI is InChI=1S/C12H14N2O/c1-9-7-14-11(8-13-9)12(15)10-5-3-2-4-6-10/h5,7-8H,2-4,6H2,1H3. The van der Waals surface area contributed by atoms with E-state index in [2.05, 4.69) is 9.97 Å². The molecule has 1 aliphatic rings. The average Bonchev–Trinajstić information content (AvgIpc) is 2.30. The van der Waals surface area contributed by atoms with Gasteiger partial charge in [-0.3, -0.25) is 9.78 Å². The zero-order valence-electron chi connectivity index (χ0n) is 8.86. The fourth-order valence-electron chi connectivity index (χ4n) is 1.72. The van der Waals surface area contributed by atoms with Gasteiger partial charge in [-0.25, -0.2) is 4.98 Å². The van der Waals surface area contributed by atoms with Gasteiger partial charge in [0.25, 0.3) is 0 Å². The van der Waals surface area contributed by atoms with Gasteiger partial charge in [0.15, 0.2) is 0 Å². The fraction of sp³-hybridized carbons (Fsp3) is 0.417. The van der Waals surface area contributed by atoms with E-state index in [9.17, 15) is 4.79 Å². The molecule has 0 fully saturated rings. The number of carbonyl (C=O) groups excluding carboxylic acids is 1. The minimum atomic E-state index is 0.0437. The summed E-state index contributed by atoms with van der Waals surface area (Å²) in [5.41, 5.74) is 2.21. The van der Waals surface area contributed by atoms with Crippen molar-refractivity contribution in [2.24, 2.45) is 0 Å². The molecule has 0 saturated carbocycles. The van der Waals surface area contributed by atoms with Crippen LogP contribution in [-0.2, 0) is 0 Å². The van der Waals surface area contributed by atoms with Gasteiger partial charge in [-0.15, -0.1) is 0 Å². The molecule has 0 atom stereocenters. The summed E-state index contributed by atoms with van der Waals surface area (Å²) >= 11 is 0. The van der Waals surface area contributed by atoms with E-state index in [-0.39, 0.29) is 5.78 Å². The van der Waals surface area contributed by atoms with Crippen LogP contribution in [0.1, 0.15) is 41.9 Å². The van der Waals surface area contributed by atoms with Crippen LogP contribution in [0.15, 0.2) is 24.0 Å². The van der Waals surface area contributed by atoms with Crippen LogP contribution < -0.4 is 0 Å². The van der Waals surface area contributed by atoms with E-state index in [1.54, 1.807) is 12.4 Å². The van der Waals surface area contributed by atoms with Crippen LogP contribution in [0, 0.1) is 6.92 Å². The van der Waals surface area contributed by atoms with Gasteiger partial charge in [0.2, 0.25) is 5.78 Å². The molecule has 1 aliphatic carbocycles. The van der Waals surface area contributed by atoms with Crippen molar-refractivity contribution in [1.29, 1.82) is 0 Å². The van der Waals surface area contributed by atoms with Gasteiger partial charge >= 0.3 is 0 Å². The van der Waals surface area contributed by atoms with E-state index in [1.165, 1.54) is 6.42 Å².